The number of amides is 1. The molecule has 1 unspecified atom stereocenters. The molecule has 6 nitrogen and oxygen atoms in total. The Morgan fingerprint density at radius 1 is 0.933 bits per heavy atom. The number of esters is 1. The van der Waals surface area contributed by atoms with Gasteiger partial charge in [0.05, 0.1) is 13.7 Å². The molecule has 0 aliphatic carbocycles. The SMILES string of the molecule is CCOC(=O)C(Cc1ccc(CC(C)=O)cc1)NC(=O)CCc1ccc(OC)cc1. The number of hydrogen-bond acceptors (Lipinski definition) is 5. The highest BCUT2D eigenvalue weighted by Gasteiger charge is 2.22. The van der Waals surface area contributed by atoms with Crippen LogP contribution in [0.5, 0.6) is 5.75 Å². The van der Waals surface area contributed by atoms with Crippen molar-refractivity contribution in [2.45, 2.75) is 45.6 Å². The number of hydrogen-bond donors (Lipinski definition) is 1. The quantitative estimate of drug-likeness (QED) is 0.575. The average Bonchev–Trinajstić information content (AvgIpc) is 2.73. The zero-order valence-electron chi connectivity index (χ0n) is 17.8. The largest absolute Gasteiger partial charge is 0.497 e. The fourth-order valence-electron chi connectivity index (χ4n) is 3.07. The van der Waals surface area contributed by atoms with Crippen LogP contribution in [0.25, 0.3) is 0 Å². The maximum atomic E-state index is 12.4. The van der Waals surface area contributed by atoms with E-state index in [1.165, 1.54) is 0 Å². The lowest BCUT2D eigenvalue weighted by Gasteiger charge is -2.18. The minimum absolute atomic E-state index is 0.0938. The first-order valence-corrected chi connectivity index (χ1v) is 10.1. The molecule has 0 saturated carbocycles. The lowest BCUT2D eigenvalue weighted by atomic mass is 10.0. The smallest absolute Gasteiger partial charge is 0.328 e. The molecule has 0 heterocycles. The molecule has 0 aliphatic heterocycles. The Morgan fingerprint density at radius 2 is 1.53 bits per heavy atom. The summed E-state index contributed by atoms with van der Waals surface area (Å²) in [6.07, 6.45) is 1.53. The monoisotopic (exact) mass is 411 g/mol. The van der Waals surface area contributed by atoms with E-state index in [1.807, 2.05) is 48.5 Å². The highest BCUT2D eigenvalue weighted by atomic mass is 16.5. The van der Waals surface area contributed by atoms with Gasteiger partial charge >= 0.3 is 5.97 Å². The Labute approximate surface area is 177 Å². The molecule has 0 radical (unpaired) electrons. The van der Waals surface area contributed by atoms with Crippen molar-refractivity contribution in [3.05, 3.63) is 65.2 Å². The predicted molar refractivity (Wildman–Crippen MR) is 114 cm³/mol. The van der Waals surface area contributed by atoms with Crippen LogP contribution in [-0.4, -0.2) is 37.4 Å². The van der Waals surface area contributed by atoms with Gasteiger partial charge in [-0.3, -0.25) is 9.59 Å². The first kappa shape index (κ1) is 23.1. The van der Waals surface area contributed by atoms with Gasteiger partial charge in [0, 0.05) is 19.3 Å². The van der Waals surface area contributed by atoms with Gasteiger partial charge in [-0.25, -0.2) is 4.79 Å². The van der Waals surface area contributed by atoms with Crippen LogP contribution >= 0.6 is 0 Å². The van der Waals surface area contributed by atoms with Crippen molar-refractivity contribution in [1.82, 2.24) is 5.32 Å². The number of methoxy groups -OCH3 is 1. The Kier molecular flexibility index (Phi) is 9.06. The summed E-state index contributed by atoms with van der Waals surface area (Å²) in [7, 11) is 1.61. The van der Waals surface area contributed by atoms with Crippen LogP contribution < -0.4 is 10.1 Å². The zero-order valence-corrected chi connectivity index (χ0v) is 17.8. The van der Waals surface area contributed by atoms with Gasteiger partial charge in [-0.2, -0.15) is 0 Å². The topological polar surface area (TPSA) is 81.7 Å². The van der Waals surface area contributed by atoms with Gasteiger partial charge in [-0.05, 0) is 49.1 Å². The van der Waals surface area contributed by atoms with Crippen molar-refractivity contribution in [3.8, 4) is 5.75 Å². The van der Waals surface area contributed by atoms with Gasteiger partial charge in [0.1, 0.15) is 17.6 Å². The summed E-state index contributed by atoms with van der Waals surface area (Å²) in [5.41, 5.74) is 2.82. The number of nitrogens with one attached hydrogen (secondary N) is 1. The van der Waals surface area contributed by atoms with Crippen molar-refractivity contribution in [2.75, 3.05) is 13.7 Å². The van der Waals surface area contributed by atoms with Gasteiger partial charge in [0.2, 0.25) is 5.91 Å². The molecule has 0 aromatic heterocycles. The van der Waals surface area contributed by atoms with E-state index in [9.17, 15) is 14.4 Å². The number of carbonyl (C=O) groups excluding carboxylic acids is 3. The molecule has 2 aromatic carbocycles. The fourth-order valence-corrected chi connectivity index (χ4v) is 3.07. The Hall–Kier alpha value is -3.15. The van der Waals surface area contributed by atoms with E-state index in [0.29, 0.717) is 19.3 Å². The second kappa shape index (κ2) is 11.8. The third-order valence-corrected chi connectivity index (χ3v) is 4.62. The summed E-state index contributed by atoms with van der Waals surface area (Å²) in [4.78, 5) is 36.0. The van der Waals surface area contributed by atoms with Gasteiger partial charge in [0.25, 0.3) is 0 Å². The van der Waals surface area contributed by atoms with Crippen LogP contribution in [0, 0.1) is 0 Å². The van der Waals surface area contributed by atoms with Crippen LogP contribution in [-0.2, 0) is 38.4 Å². The Balaban J connectivity index is 1.96. The molecule has 0 saturated heterocycles. The van der Waals surface area contributed by atoms with Gasteiger partial charge < -0.3 is 14.8 Å². The maximum Gasteiger partial charge on any atom is 0.328 e. The van der Waals surface area contributed by atoms with E-state index in [2.05, 4.69) is 5.32 Å². The van der Waals surface area contributed by atoms with Gasteiger partial charge in [0.15, 0.2) is 0 Å². The van der Waals surface area contributed by atoms with E-state index in [0.717, 1.165) is 22.4 Å². The second-order valence-corrected chi connectivity index (χ2v) is 7.12. The highest BCUT2D eigenvalue weighted by molar-refractivity contribution is 5.84. The number of aryl methyl sites for hydroxylation is 1. The molecule has 0 spiro atoms. The highest BCUT2D eigenvalue weighted by Crippen LogP contribution is 2.13. The van der Waals surface area contributed by atoms with E-state index in [-0.39, 0.29) is 24.7 Å². The van der Waals surface area contributed by atoms with E-state index in [1.54, 1.807) is 21.0 Å². The minimum Gasteiger partial charge on any atom is -0.497 e. The molecule has 1 amide bonds. The summed E-state index contributed by atoms with van der Waals surface area (Å²) < 4.78 is 10.3. The zero-order chi connectivity index (χ0) is 21.9. The third kappa shape index (κ3) is 7.70. The molecule has 30 heavy (non-hydrogen) atoms. The summed E-state index contributed by atoms with van der Waals surface area (Å²) in [6.45, 7) is 3.53. The van der Waals surface area contributed by atoms with Crippen LogP contribution in [0.4, 0.5) is 0 Å². The van der Waals surface area contributed by atoms with E-state index < -0.39 is 12.0 Å². The molecule has 0 bridgehead atoms. The lowest BCUT2D eigenvalue weighted by Crippen LogP contribution is -2.43. The molecule has 160 valence electrons. The second-order valence-electron chi connectivity index (χ2n) is 7.12. The van der Waals surface area contributed by atoms with Crippen LogP contribution in [0.15, 0.2) is 48.5 Å². The number of carbonyl (C=O) groups is 3. The standard InChI is InChI=1S/C24H29NO5/c1-4-30-24(28)22(16-20-7-5-19(6-8-20)15-17(2)26)25-23(27)14-11-18-9-12-21(29-3)13-10-18/h5-10,12-13,22H,4,11,14-16H2,1-3H3,(H,25,27). The summed E-state index contributed by atoms with van der Waals surface area (Å²) in [5.74, 6) is 0.191. The number of Topliss-reactive ketones (excluding diaryl/α,β-unsaturated/α-hetero) is 1. The van der Waals surface area contributed by atoms with Crippen molar-refractivity contribution in [1.29, 1.82) is 0 Å². The molecule has 2 rings (SSSR count). The Bertz CT molecular complexity index is 843. The number of ether oxygens (including phenoxy) is 2. The summed E-state index contributed by atoms with van der Waals surface area (Å²) >= 11 is 0. The van der Waals surface area contributed by atoms with Crippen molar-refractivity contribution < 1.29 is 23.9 Å². The van der Waals surface area contributed by atoms with Crippen LogP contribution in [0.1, 0.15) is 37.0 Å². The molecule has 1 N–H and O–H groups in total. The molecular weight excluding hydrogens is 382 g/mol. The number of benzene rings is 2. The number of ketones is 1. The lowest BCUT2D eigenvalue weighted by molar-refractivity contribution is -0.147. The van der Waals surface area contributed by atoms with Crippen molar-refractivity contribution >= 4 is 17.7 Å². The van der Waals surface area contributed by atoms with Crippen molar-refractivity contribution in [2.24, 2.45) is 0 Å². The normalized spacial score (nSPS) is 11.4. The fraction of sp³-hybridized carbons (Fsp3) is 0.375. The average molecular weight is 411 g/mol. The maximum absolute atomic E-state index is 12.4. The van der Waals surface area contributed by atoms with Gasteiger partial charge in [-0.1, -0.05) is 36.4 Å². The minimum atomic E-state index is -0.757. The molecule has 0 aliphatic rings. The van der Waals surface area contributed by atoms with Crippen LogP contribution in [0.2, 0.25) is 0 Å². The number of rotatable bonds is 11. The predicted octanol–water partition coefficient (Wildman–Crippen LogP) is 3.05. The van der Waals surface area contributed by atoms with E-state index in [4.69, 9.17) is 9.47 Å². The summed E-state index contributed by atoms with van der Waals surface area (Å²) in [6, 6.07) is 14.2. The molecule has 0 fully saturated rings. The van der Waals surface area contributed by atoms with Crippen molar-refractivity contribution in [3.63, 3.8) is 0 Å². The first-order valence-electron chi connectivity index (χ1n) is 10.1. The molecular formula is C24H29NO5. The third-order valence-electron chi connectivity index (χ3n) is 4.62. The molecule has 6 heteroatoms. The first-order chi connectivity index (χ1) is 14.4. The Morgan fingerprint density at radius 3 is 2.10 bits per heavy atom. The molecule has 2 aromatic rings. The molecule has 1 atom stereocenters. The van der Waals surface area contributed by atoms with Gasteiger partial charge in [-0.15, -0.1) is 0 Å². The van der Waals surface area contributed by atoms with Crippen LogP contribution in [0.3, 0.4) is 0 Å². The summed E-state index contributed by atoms with van der Waals surface area (Å²) in [5, 5.41) is 2.80. The van der Waals surface area contributed by atoms with E-state index >= 15 is 0 Å².